The third-order valence-electron chi connectivity index (χ3n) is 0.993. The van der Waals surface area contributed by atoms with E-state index in [9.17, 15) is 4.79 Å². The molecule has 0 bridgehead atoms. The maximum Gasteiger partial charge on any atom is 0.346 e. The Hall–Kier alpha value is 0.480. The molecular formula is C5H9Cl2O2P. The first kappa shape index (κ1) is 10.5. The molecule has 10 heavy (non-hydrogen) atoms. The summed E-state index contributed by atoms with van der Waals surface area (Å²) in [5.41, 5.74) is 0. The highest BCUT2D eigenvalue weighted by molar-refractivity contribution is 7.63. The summed E-state index contributed by atoms with van der Waals surface area (Å²) in [5, 5.41) is 0. The SMILES string of the molecule is COC(=O)C(Cl)(Cl)P(C)C. The summed E-state index contributed by atoms with van der Waals surface area (Å²) in [6.45, 7) is 3.62. The first-order chi connectivity index (χ1) is 4.42. The van der Waals surface area contributed by atoms with Crippen molar-refractivity contribution in [3.05, 3.63) is 0 Å². The lowest BCUT2D eigenvalue weighted by atomic mass is 10.8. The Morgan fingerprint density at radius 3 is 2.00 bits per heavy atom. The molecule has 0 aromatic heterocycles. The van der Waals surface area contributed by atoms with Crippen LogP contribution in [0.25, 0.3) is 0 Å². The molecule has 0 spiro atoms. The number of carbonyl (C=O) groups is 1. The van der Waals surface area contributed by atoms with Crippen LogP contribution in [-0.2, 0) is 9.53 Å². The average Bonchev–Trinajstić information content (AvgIpc) is 1.86. The van der Waals surface area contributed by atoms with E-state index in [-0.39, 0.29) is 0 Å². The largest absolute Gasteiger partial charge is 0.467 e. The molecule has 0 rings (SSSR count). The van der Waals surface area contributed by atoms with Crippen molar-refractivity contribution in [2.24, 2.45) is 0 Å². The van der Waals surface area contributed by atoms with Crippen LogP contribution in [0.1, 0.15) is 0 Å². The predicted octanol–water partition coefficient (Wildman–Crippen LogP) is 2.03. The topological polar surface area (TPSA) is 26.3 Å². The Bertz CT molecular complexity index is 136. The van der Waals surface area contributed by atoms with Crippen molar-refractivity contribution >= 4 is 37.1 Å². The van der Waals surface area contributed by atoms with Gasteiger partial charge in [-0.15, -0.1) is 0 Å². The second kappa shape index (κ2) is 3.75. The van der Waals surface area contributed by atoms with Gasteiger partial charge in [0.25, 0.3) is 0 Å². The number of hydrogen-bond donors (Lipinski definition) is 0. The molecule has 0 amide bonds. The van der Waals surface area contributed by atoms with Crippen molar-refractivity contribution in [3.63, 3.8) is 0 Å². The zero-order valence-electron chi connectivity index (χ0n) is 6.02. The number of halogens is 2. The molecule has 0 N–H and O–H groups in total. The fourth-order valence-corrected chi connectivity index (χ4v) is 0.916. The fourth-order valence-electron chi connectivity index (χ4n) is 0.305. The molecule has 5 heteroatoms. The number of hydrogen-bond acceptors (Lipinski definition) is 2. The van der Waals surface area contributed by atoms with Gasteiger partial charge in [0.15, 0.2) is 0 Å². The van der Waals surface area contributed by atoms with Gasteiger partial charge in [-0.25, -0.2) is 4.79 Å². The van der Waals surface area contributed by atoms with E-state index in [1.54, 1.807) is 0 Å². The Kier molecular flexibility index (Phi) is 3.93. The second-order valence-corrected chi connectivity index (χ2v) is 6.24. The van der Waals surface area contributed by atoms with Crippen LogP contribution >= 0.6 is 31.1 Å². The van der Waals surface area contributed by atoms with Crippen molar-refractivity contribution in [2.45, 2.75) is 4.07 Å². The number of ether oxygens (including phenoxy) is 1. The maximum absolute atomic E-state index is 10.8. The van der Waals surface area contributed by atoms with Gasteiger partial charge in [0.05, 0.1) is 7.11 Å². The highest BCUT2D eigenvalue weighted by atomic mass is 35.5. The minimum atomic E-state index is -1.34. The molecular weight excluding hydrogens is 194 g/mol. The first-order valence-electron chi connectivity index (χ1n) is 2.56. The van der Waals surface area contributed by atoms with Crippen molar-refractivity contribution in [3.8, 4) is 0 Å². The molecule has 0 aliphatic heterocycles. The summed E-state index contributed by atoms with van der Waals surface area (Å²) in [5.74, 6) is -0.577. The van der Waals surface area contributed by atoms with E-state index >= 15 is 0 Å². The van der Waals surface area contributed by atoms with Gasteiger partial charge in [0.2, 0.25) is 4.07 Å². The summed E-state index contributed by atoms with van der Waals surface area (Å²) >= 11 is 11.3. The Morgan fingerprint density at radius 2 is 1.90 bits per heavy atom. The first-order valence-corrected chi connectivity index (χ1v) is 5.55. The monoisotopic (exact) mass is 202 g/mol. The lowest BCUT2D eigenvalue weighted by molar-refractivity contribution is -0.139. The summed E-state index contributed by atoms with van der Waals surface area (Å²) in [4.78, 5) is 10.8. The molecule has 0 aliphatic carbocycles. The number of carbonyl (C=O) groups excluding carboxylic acids is 1. The van der Waals surface area contributed by atoms with E-state index in [1.165, 1.54) is 7.11 Å². The molecule has 0 aromatic rings. The van der Waals surface area contributed by atoms with Gasteiger partial charge >= 0.3 is 5.97 Å². The normalized spacial score (nSPS) is 11.8. The zero-order chi connectivity index (χ0) is 8.36. The van der Waals surface area contributed by atoms with E-state index in [4.69, 9.17) is 23.2 Å². The predicted molar refractivity (Wildman–Crippen MR) is 45.2 cm³/mol. The van der Waals surface area contributed by atoms with Crippen molar-refractivity contribution < 1.29 is 9.53 Å². The molecule has 60 valence electrons. The number of rotatable bonds is 2. The van der Waals surface area contributed by atoms with Crippen molar-refractivity contribution in [1.29, 1.82) is 0 Å². The molecule has 0 radical (unpaired) electrons. The van der Waals surface area contributed by atoms with E-state index in [1.807, 2.05) is 13.3 Å². The lowest BCUT2D eigenvalue weighted by Gasteiger charge is -2.20. The molecule has 0 saturated heterocycles. The standard InChI is InChI=1S/C5H9Cl2O2P/c1-9-4(8)5(6,7)10(2)3/h1-3H3. The van der Waals surface area contributed by atoms with E-state index < -0.39 is 18.0 Å². The molecule has 0 heterocycles. The third-order valence-corrected chi connectivity index (χ3v) is 4.64. The van der Waals surface area contributed by atoms with E-state index in [0.29, 0.717) is 0 Å². The number of alkyl halides is 2. The van der Waals surface area contributed by atoms with Gasteiger partial charge in [-0.3, -0.25) is 0 Å². The quantitative estimate of drug-likeness (QED) is 0.390. The summed E-state index contributed by atoms with van der Waals surface area (Å²) < 4.78 is 3.05. The molecule has 0 aromatic carbocycles. The van der Waals surface area contributed by atoms with Crippen molar-refractivity contribution in [1.82, 2.24) is 0 Å². The van der Waals surface area contributed by atoms with Crippen LogP contribution in [-0.4, -0.2) is 30.5 Å². The van der Waals surface area contributed by atoms with Crippen molar-refractivity contribution in [2.75, 3.05) is 20.4 Å². The van der Waals surface area contributed by atoms with Gasteiger partial charge in [0, 0.05) is 0 Å². The van der Waals surface area contributed by atoms with Crippen LogP contribution < -0.4 is 0 Å². The van der Waals surface area contributed by atoms with Crippen LogP contribution in [0.15, 0.2) is 0 Å². The van der Waals surface area contributed by atoms with E-state index in [0.717, 1.165) is 0 Å². The highest BCUT2D eigenvalue weighted by Gasteiger charge is 2.38. The summed E-state index contributed by atoms with van der Waals surface area (Å²) in [6.07, 6.45) is 0. The molecule has 0 atom stereocenters. The summed E-state index contributed by atoms with van der Waals surface area (Å²) in [6, 6.07) is 0. The molecule has 0 fully saturated rings. The zero-order valence-corrected chi connectivity index (χ0v) is 8.43. The molecule has 0 unspecified atom stereocenters. The van der Waals surface area contributed by atoms with Gasteiger partial charge in [0.1, 0.15) is 0 Å². The maximum atomic E-state index is 10.8. The van der Waals surface area contributed by atoms with Crippen LogP contribution in [0.4, 0.5) is 0 Å². The highest BCUT2D eigenvalue weighted by Crippen LogP contribution is 2.50. The van der Waals surface area contributed by atoms with Gasteiger partial charge in [-0.05, 0) is 13.3 Å². The Balaban J connectivity index is 4.24. The molecule has 0 aliphatic rings. The van der Waals surface area contributed by atoms with E-state index in [2.05, 4.69) is 4.74 Å². The minimum Gasteiger partial charge on any atom is -0.467 e. The number of methoxy groups -OCH3 is 1. The number of esters is 1. The van der Waals surface area contributed by atoms with Crippen LogP contribution in [0.2, 0.25) is 0 Å². The Morgan fingerprint density at radius 1 is 1.50 bits per heavy atom. The lowest BCUT2D eigenvalue weighted by Crippen LogP contribution is -2.24. The van der Waals surface area contributed by atoms with Crippen LogP contribution in [0, 0.1) is 0 Å². The minimum absolute atomic E-state index is 0.577. The third kappa shape index (κ3) is 2.26. The fraction of sp³-hybridized carbons (Fsp3) is 0.800. The molecule has 2 nitrogen and oxygen atoms in total. The average molecular weight is 203 g/mol. The Labute approximate surface area is 71.6 Å². The van der Waals surface area contributed by atoms with Gasteiger partial charge in [-0.1, -0.05) is 31.1 Å². The van der Waals surface area contributed by atoms with Gasteiger partial charge < -0.3 is 4.74 Å². The second-order valence-electron chi connectivity index (χ2n) is 1.93. The van der Waals surface area contributed by atoms with Gasteiger partial charge in [-0.2, -0.15) is 0 Å². The molecule has 0 saturated carbocycles. The van der Waals surface area contributed by atoms with Crippen LogP contribution in [0.3, 0.4) is 0 Å². The summed E-state index contributed by atoms with van der Waals surface area (Å²) in [7, 11) is 0.532. The smallest absolute Gasteiger partial charge is 0.346 e. The van der Waals surface area contributed by atoms with Crippen LogP contribution in [0.5, 0.6) is 0 Å².